The smallest absolute Gasteiger partial charge is 0.320 e. The van der Waals surface area contributed by atoms with Gasteiger partial charge in [0.15, 0.2) is 5.82 Å². The number of anilines is 1. The highest BCUT2D eigenvalue weighted by molar-refractivity contribution is 5.88. The number of aliphatic hydroxyl groups excluding tert-OH is 1. The van der Waals surface area contributed by atoms with Gasteiger partial charge in [-0.3, -0.25) is 10.00 Å². The van der Waals surface area contributed by atoms with Crippen molar-refractivity contribution in [3.8, 4) is 0 Å². The normalized spacial score (nSPS) is 12.2. The van der Waals surface area contributed by atoms with Crippen molar-refractivity contribution in [3.05, 3.63) is 47.9 Å². The average Bonchev–Trinajstić information content (AvgIpc) is 2.98. The fourth-order valence-corrected chi connectivity index (χ4v) is 2.06. The van der Waals surface area contributed by atoms with Crippen LogP contribution in [-0.2, 0) is 6.54 Å². The standard InChI is InChI=1S/C16H22FN5O2/c1-21(2)9-10-22-8-7-15(20-22)19-16(24)18-11-14(23)12-5-3-4-6-13(12)17/h3-8,14,23H,9-11H2,1-2H3,(H2,18,19,20,24). The summed E-state index contributed by atoms with van der Waals surface area (Å²) in [7, 11) is 3.94. The first kappa shape index (κ1) is 17.9. The zero-order chi connectivity index (χ0) is 17.5. The Morgan fingerprint density at radius 1 is 1.38 bits per heavy atom. The molecule has 0 aliphatic heterocycles. The van der Waals surface area contributed by atoms with Crippen molar-refractivity contribution in [2.75, 3.05) is 32.5 Å². The topological polar surface area (TPSA) is 82.4 Å². The van der Waals surface area contributed by atoms with Crippen LogP contribution in [0.3, 0.4) is 0 Å². The molecule has 0 saturated heterocycles. The molecule has 0 spiro atoms. The number of hydrogen-bond donors (Lipinski definition) is 3. The van der Waals surface area contributed by atoms with E-state index in [2.05, 4.69) is 15.7 Å². The molecule has 0 fully saturated rings. The lowest BCUT2D eigenvalue weighted by molar-refractivity contribution is 0.170. The molecule has 0 radical (unpaired) electrons. The number of amides is 2. The summed E-state index contributed by atoms with van der Waals surface area (Å²) in [6.45, 7) is 1.44. The van der Waals surface area contributed by atoms with Gasteiger partial charge in [-0.25, -0.2) is 9.18 Å². The molecule has 1 aromatic carbocycles. The minimum atomic E-state index is -1.12. The fourth-order valence-electron chi connectivity index (χ4n) is 2.06. The first-order valence-electron chi connectivity index (χ1n) is 7.61. The maximum absolute atomic E-state index is 13.5. The molecular weight excluding hydrogens is 313 g/mol. The van der Waals surface area contributed by atoms with Gasteiger partial charge in [0.25, 0.3) is 0 Å². The zero-order valence-corrected chi connectivity index (χ0v) is 13.7. The summed E-state index contributed by atoms with van der Waals surface area (Å²) >= 11 is 0. The summed E-state index contributed by atoms with van der Waals surface area (Å²) in [5.74, 6) is -0.0986. The molecule has 0 aliphatic carbocycles. The van der Waals surface area contributed by atoms with Gasteiger partial charge >= 0.3 is 6.03 Å². The third-order valence-electron chi connectivity index (χ3n) is 3.38. The number of carbonyl (C=O) groups excluding carboxylic acids is 1. The molecule has 2 aromatic rings. The predicted molar refractivity (Wildman–Crippen MR) is 89.2 cm³/mol. The Bertz CT molecular complexity index is 674. The van der Waals surface area contributed by atoms with Crippen molar-refractivity contribution < 1.29 is 14.3 Å². The van der Waals surface area contributed by atoms with E-state index < -0.39 is 18.0 Å². The van der Waals surface area contributed by atoms with Crippen LogP contribution < -0.4 is 10.6 Å². The number of nitrogens with one attached hydrogen (secondary N) is 2. The summed E-state index contributed by atoms with van der Waals surface area (Å²) in [5.41, 5.74) is 0.144. The second kappa shape index (κ2) is 8.42. The summed E-state index contributed by atoms with van der Waals surface area (Å²) in [6, 6.07) is 7.08. The number of nitrogens with zero attached hydrogens (tertiary/aromatic N) is 3. The number of rotatable bonds is 7. The number of benzene rings is 1. The highest BCUT2D eigenvalue weighted by atomic mass is 19.1. The van der Waals surface area contributed by atoms with E-state index in [1.807, 2.05) is 19.0 Å². The van der Waals surface area contributed by atoms with Crippen LogP contribution in [0.25, 0.3) is 0 Å². The number of carbonyl (C=O) groups is 1. The van der Waals surface area contributed by atoms with E-state index in [0.29, 0.717) is 12.4 Å². The van der Waals surface area contributed by atoms with Gasteiger partial charge in [-0.1, -0.05) is 18.2 Å². The lowest BCUT2D eigenvalue weighted by Gasteiger charge is -2.13. The molecule has 2 amide bonds. The molecule has 3 N–H and O–H groups in total. The molecule has 0 aliphatic rings. The van der Waals surface area contributed by atoms with E-state index in [1.165, 1.54) is 18.2 Å². The zero-order valence-electron chi connectivity index (χ0n) is 13.7. The van der Waals surface area contributed by atoms with Gasteiger partial charge in [-0.05, 0) is 20.2 Å². The quantitative estimate of drug-likeness (QED) is 0.715. The van der Waals surface area contributed by atoms with Crippen LogP contribution in [0, 0.1) is 5.82 Å². The van der Waals surface area contributed by atoms with Crippen LogP contribution in [-0.4, -0.2) is 53.0 Å². The second-order valence-corrected chi connectivity index (χ2v) is 5.64. The SMILES string of the molecule is CN(C)CCn1ccc(NC(=O)NCC(O)c2ccccc2F)n1. The third kappa shape index (κ3) is 5.32. The average molecular weight is 335 g/mol. The Kier molecular flexibility index (Phi) is 6.28. The molecular formula is C16H22FN5O2. The van der Waals surface area contributed by atoms with Gasteiger partial charge in [0.05, 0.1) is 12.6 Å². The molecule has 2 rings (SSSR count). The molecule has 1 unspecified atom stereocenters. The van der Waals surface area contributed by atoms with Crippen molar-refractivity contribution in [3.63, 3.8) is 0 Å². The Hall–Kier alpha value is -2.45. The number of halogens is 1. The van der Waals surface area contributed by atoms with E-state index in [4.69, 9.17) is 0 Å². The van der Waals surface area contributed by atoms with Gasteiger partial charge in [-0.15, -0.1) is 0 Å². The maximum Gasteiger partial charge on any atom is 0.320 e. The van der Waals surface area contributed by atoms with Gasteiger partial charge in [0.1, 0.15) is 5.82 Å². The van der Waals surface area contributed by atoms with Crippen LogP contribution in [0.2, 0.25) is 0 Å². The minimum Gasteiger partial charge on any atom is -0.386 e. The molecule has 0 bridgehead atoms. The third-order valence-corrected chi connectivity index (χ3v) is 3.38. The molecule has 130 valence electrons. The summed E-state index contributed by atoms with van der Waals surface area (Å²) in [4.78, 5) is 13.9. The summed E-state index contributed by atoms with van der Waals surface area (Å²) in [5, 5.41) is 19.2. The van der Waals surface area contributed by atoms with Gasteiger partial charge in [0, 0.05) is 30.9 Å². The lowest BCUT2D eigenvalue weighted by Crippen LogP contribution is -2.32. The van der Waals surface area contributed by atoms with Crippen LogP contribution in [0.5, 0.6) is 0 Å². The first-order valence-corrected chi connectivity index (χ1v) is 7.61. The van der Waals surface area contributed by atoms with Crippen LogP contribution in [0.1, 0.15) is 11.7 Å². The lowest BCUT2D eigenvalue weighted by atomic mass is 10.1. The van der Waals surface area contributed by atoms with Crippen LogP contribution in [0.4, 0.5) is 15.0 Å². The number of hydrogen-bond acceptors (Lipinski definition) is 4. The largest absolute Gasteiger partial charge is 0.386 e. The maximum atomic E-state index is 13.5. The Balaban J connectivity index is 1.80. The first-order chi connectivity index (χ1) is 11.5. The van der Waals surface area contributed by atoms with Gasteiger partial charge < -0.3 is 15.3 Å². The highest BCUT2D eigenvalue weighted by Gasteiger charge is 2.13. The molecule has 1 heterocycles. The van der Waals surface area contributed by atoms with Gasteiger partial charge in [0.2, 0.25) is 0 Å². The molecule has 7 nitrogen and oxygen atoms in total. The van der Waals surface area contributed by atoms with E-state index in [0.717, 1.165) is 6.54 Å². The Morgan fingerprint density at radius 3 is 2.83 bits per heavy atom. The number of urea groups is 1. The Labute approximate surface area is 140 Å². The van der Waals surface area contributed by atoms with Gasteiger partial charge in [-0.2, -0.15) is 5.10 Å². The van der Waals surface area contributed by atoms with E-state index in [1.54, 1.807) is 23.0 Å². The molecule has 0 saturated carbocycles. The highest BCUT2D eigenvalue weighted by Crippen LogP contribution is 2.15. The summed E-state index contributed by atoms with van der Waals surface area (Å²) in [6.07, 6.45) is 0.655. The van der Waals surface area contributed by atoms with E-state index in [-0.39, 0.29) is 12.1 Å². The number of aliphatic hydroxyl groups is 1. The molecule has 8 heteroatoms. The summed E-state index contributed by atoms with van der Waals surface area (Å²) < 4.78 is 15.3. The molecule has 1 atom stereocenters. The number of aromatic nitrogens is 2. The molecule has 1 aromatic heterocycles. The second-order valence-electron chi connectivity index (χ2n) is 5.64. The minimum absolute atomic E-state index is 0.103. The fraction of sp³-hybridized carbons (Fsp3) is 0.375. The predicted octanol–water partition coefficient (Wildman–Crippen LogP) is 1.44. The van der Waals surface area contributed by atoms with Crippen molar-refractivity contribution >= 4 is 11.8 Å². The van der Waals surface area contributed by atoms with Crippen molar-refractivity contribution in [1.29, 1.82) is 0 Å². The van der Waals surface area contributed by atoms with Crippen LogP contribution in [0.15, 0.2) is 36.5 Å². The Morgan fingerprint density at radius 2 is 2.12 bits per heavy atom. The van der Waals surface area contributed by atoms with Crippen molar-refractivity contribution in [1.82, 2.24) is 20.0 Å². The molecule has 24 heavy (non-hydrogen) atoms. The van der Waals surface area contributed by atoms with Crippen LogP contribution >= 0.6 is 0 Å². The van der Waals surface area contributed by atoms with E-state index >= 15 is 0 Å². The van der Waals surface area contributed by atoms with Crippen molar-refractivity contribution in [2.45, 2.75) is 12.6 Å². The van der Waals surface area contributed by atoms with E-state index in [9.17, 15) is 14.3 Å². The monoisotopic (exact) mass is 335 g/mol. The number of likely N-dealkylation sites (N-methyl/N-ethyl adjacent to an activating group) is 1. The van der Waals surface area contributed by atoms with Crippen molar-refractivity contribution in [2.24, 2.45) is 0 Å².